The molecule has 0 aliphatic heterocycles. The van der Waals surface area contributed by atoms with Crippen LogP contribution in [-0.2, 0) is 10.0 Å². The smallest absolute Gasteiger partial charge is 0.261 e. The van der Waals surface area contributed by atoms with E-state index in [1.165, 1.54) is 42.5 Å². The molecule has 1 atom stereocenters. The maximum Gasteiger partial charge on any atom is 0.261 e. The Kier molecular flexibility index (Phi) is 6.43. The van der Waals surface area contributed by atoms with Crippen LogP contribution in [0, 0.1) is 12.7 Å². The molecule has 0 fully saturated rings. The highest BCUT2D eigenvalue weighted by atomic mass is 35.5. The van der Waals surface area contributed by atoms with Crippen LogP contribution in [0.4, 0.5) is 10.1 Å². The molecule has 0 aromatic heterocycles. The predicted molar refractivity (Wildman–Crippen MR) is 116 cm³/mol. The molecule has 8 heteroatoms. The molecule has 0 aliphatic carbocycles. The number of rotatable bonds is 6. The Morgan fingerprint density at radius 3 is 2.23 bits per heavy atom. The Morgan fingerprint density at radius 2 is 1.63 bits per heavy atom. The van der Waals surface area contributed by atoms with Gasteiger partial charge in [-0.15, -0.1) is 0 Å². The largest absolute Gasteiger partial charge is 0.345 e. The third kappa shape index (κ3) is 5.17. The maximum absolute atomic E-state index is 13.1. The normalized spacial score (nSPS) is 12.3. The summed E-state index contributed by atoms with van der Waals surface area (Å²) in [6.07, 6.45) is 0. The van der Waals surface area contributed by atoms with Gasteiger partial charge in [-0.25, -0.2) is 12.8 Å². The highest BCUT2D eigenvalue weighted by Gasteiger charge is 2.18. The number of sulfonamides is 1. The number of amides is 1. The Morgan fingerprint density at radius 1 is 1.00 bits per heavy atom. The molecule has 2 N–H and O–H groups in total. The van der Waals surface area contributed by atoms with Crippen LogP contribution in [0.5, 0.6) is 0 Å². The van der Waals surface area contributed by atoms with Gasteiger partial charge >= 0.3 is 0 Å². The number of halogens is 2. The topological polar surface area (TPSA) is 75.3 Å². The van der Waals surface area contributed by atoms with Crippen molar-refractivity contribution in [1.82, 2.24) is 5.32 Å². The lowest BCUT2D eigenvalue weighted by molar-refractivity contribution is 0.0940. The van der Waals surface area contributed by atoms with Gasteiger partial charge in [0, 0.05) is 0 Å². The van der Waals surface area contributed by atoms with Gasteiger partial charge in [0.2, 0.25) is 0 Å². The van der Waals surface area contributed by atoms with Gasteiger partial charge in [0.1, 0.15) is 5.82 Å². The molecule has 3 aromatic carbocycles. The van der Waals surface area contributed by atoms with Crippen molar-refractivity contribution in [1.29, 1.82) is 0 Å². The van der Waals surface area contributed by atoms with Crippen molar-refractivity contribution in [2.75, 3.05) is 4.72 Å². The highest BCUT2D eigenvalue weighted by molar-refractivity contribution is 7.92. The zero-order chi connectivity index (χ0) is 21.9. The lowest BCUT2D eigenvalue weighted by atomic mass is 10.1. The number of benzene rings is 3. The number of nitrogens with one attached hydrogen (secondary N) is 2. The first-order valence-corrected chi connectivity index (χ1v) is 11.0. The molecule has 0 saturated heterocycles. The lowest BCUT2D eigenvalue weighted by Crippen LogP contribution is -2.27. The summed E-state index contributed by atoms with van der Waals surface area (Å²) in [5.74, 6) is -0.784. The van der Waals surface area contributed by atoms with Gasteiger partial charge in [-0.1, -0.05) is 41.4 Å². The van der Waals surface area contributed by atoms with E-state index < -0.39 is 15.9 Å². The van der Waals surface area contributed by atoms with Crippen LogP contribution in [0.25, 0.3) is 0 Å². The van der Waals surface area contributed by atoms with Crippen LogP contribution < -0.4 is 10.0 Å². The van der Waals surface area contributed by atoms with Crippen molar-refractivity contribution in [3.8, 4) is 0 Å². The summed E-state index contributed by atoms with van der Waals surface area (Å²) in [5.41, 5.74) is 2.12. The Balaban J connectivity index is 1.73. The first-order valence-electron chi connectivity index (χ1n) is 9.11. The number of aryl methyl sites for hydroxylation is 1. The number of hydrogen-bond donors (Lipinski definition) is 2. The summed E-state index contributed by atoms with van der Waals surface area (Å²) >= 11 is 6.22. The fourth-order valence-electron chi connectivity index (χ4n) is 2.80. The van der Waals surface area contributed by atoms with Gasteiger partial charge in [-0.05, 0) is 61.9 Å². The quantitative estimate of drug-likeness (QED) is 0.554. The van der Waals surface area contributed by atoms with Gasteiger partial charge in [0.25, 0.3) is 15.9 Å². The van der Waals surface area contributed by atoms with Crippen LogP contribution in [-0.4, -0.2) is 14.3 Å². The Bertz CT molecular complexity index is 1160. The standard InChI is InChI=1S/C22H20ClFN2O3S/c1-14-3-10-19(11-4-14)30(28,29)26-18-9-12-20(21(23)13-18)22(27)25-15(2)16-5-7-17(24)8-6-16/h3-13,15,26H,1-2H3,(H,25,27)/t15-/m0/s1. The Labute approximate surface area is 179 Å². The number of carbonyl (C=O) groups is 1. The van der Waals surface area contributed by atoms with Crippen molar-refractivity contribution in [2.24, 2.45) is 0 Å². The molecule has 3 rings (SSSR count). The molecular formula is C22H20ClFN2O3S. The minimum Gasteiger partial charge on any atom is -0.345 e. The maximum atomic E-state index is 13.1. The van der Waals surface area contributed by atoms with E-state index >= 15 is 0 Å². The summed E-state index contributed by atoms with van der Waals surface area (Å²) in [7, 11) is -3.78. The molecule has 0 aliphatic rings. The first-order chi connectivity index (χ1) is 14.2. The van der Waals surface area contributed by atoms with Crippen molar-refractivity contribution in [3.63, 3.8) is 0 Å². The third-order valence-corrected chi connectivity index (χ3v) is 6.22. The SMILES string of the molecule is Cc1ccc(S(=O)(=O)Nc2ccc(C(=O)N[C@@H](C)c3ccc(F)cc3)c(Cl)c2)cc1. The van der Waals surface area contributed by atoms with Crippen molar-refractivity contribution in [2.45, 2.75) is 24.8 Å². The molecule has 3 aromatic rings. The molecule has 30 heavy (non-hydrogen) atoms. The molecule has 0 saturated carbocycles. The molecule has 0 heterocycles. The first kappa shape index (κ1) is 21.8. The van der Waals surface area contributed by atoms with E-state index in [-0.39, 0.29) is 33.0 Å². The average molecular weight is 447 g/mol. The average Bonchev–Trinajstić information content (AvgIpc) is 2.68. The summed E-state index contributed by atoms with van der Waals surface area (Å²) in [4.78, 5) is 12.7. The molecule has 0 bridgehead atoms. The molecule has 0 unspecified atom stereocenters. The lowest BCUT2D eigenvalue weighted by Gasteiger charge is -2.15. The molecule has 0 radical (unpaired) electrons. The third-order valence-electron chi connectivity index (χ3n) is 4.51. The van der Waals surface area contributed by atoms with Crippen LogP contribution in [0.3, 0.4) is 0 Å². The summed E-state index contributed by atoms with van der Waals surface area (Å²) < 4.78 is 40.5. The van der Waals surface area contributed by atoms with Crippen LogP contribution in [0.1, 0.15) is 34.5 Å². The second kappa shape index (κ2) is 8.85. The summed E-state index contributed by atoms with van der Waals surface area (Å²) in [5, 5.41) is 2.89. The second-order valence-corrected chi connectivity index (χ2v) is 8.95. The molecule has 1 amide bonds. The van der Waals surface area contributed by atoms with E-state index in [1.54, 1.807) is 31.2 Å². The zero-order valence-electron chi connectivity index (χ0n) is 16.3. The minimum atomic E-state index is -3.78. The van der Waals surface area contributed by atoms with E-state index in [0.717, 1.165) is 11.1 Å². The van der Waals surface area contributed by atoms with Crippen molar-refractivity contribution < 1.29 is 17.6 Å². The summed E-state index contributed by atoms with van der Waals surface area (Å²) in [6.45, 7) is 3.63. The Hall–Kier alpha value is -2.90. The monoisotopic (exact) mass is 446 g/mol. The predicted octanol–water partition coefficient (Wildman–Crippen LogP) is 5.08. The van der Waals surface area contributed by atoms with Crippen molar-refractivity contribution in [3.05, 3.63) is 94.3 Å². The van der Waals surface area contributed by atoms with Gasteiger partial charge in [-0.2, -0.15) is 0 Å². The van der Waals surface area contributed by atoms with Gasteiger partial charge in [0.15, 0.2) is 0 Å². The van der Waals surface area contributed by atoms with E-state index in [0.29, 0.717) is 0 Å². The zero-order valence-corrected chi connectivity index (χ0v) is 17.9. The highest BCUT2D eigenvalue weighted by Crippen LogP contribution is 2.24. The van der Waals surface area contributed by atoms with E-state index in [2.05, 4.69) is 10.0 Å². The number of hydrogen-bond acceptors (Lipinski definition) is 3. The van der Waals surface area contributed by atoms with Crippen LogP contribution >= 0.6 is 11.6 Å². The fourth-order valence-corrected chi connectivity index (χ4v) is 4.12. The number of anilines is 1. The van der Waals surface area contributed by atoms with Crippen LogP contribution in [0.15, 0.2) is 71.6 Å². The van der Waals surface area contributed by atoms with E-state index in [4.69, 9.17) is 11.6 Å². The molecular weight excluding hydrogens is 427 g/mol. The van der Waals surface area contributed by atoms with Gasteiger partial charge < -0.3 is 5.32 Å². The summed E-state index contributed by atoms with van der Waals surface area (Å²) in [6, 6.07) is 16.2. The molecule has 5 nitrogen and oxygen atoms in total. The van der Waals surface area contributed by atoms with Crippen LogP contribution in [0.2, 0.25) is 5.02 Å². The van der Waals surface area contributed by atoms with E-state index in [9.17, 15) is 17.6 Å². The van der Waals surface area contributed by atoms with Gasteiger partial charge in [-0.3, -0.25) is 9.52 Å². The molecule has 0 spiro atoms. The second-order valence-electron chi connectivity index (χ2n) is 6.86. The number of carbonyl (C=O) groups excluding carboxylic acids is 1. The van der Waals surface area contributed by atoms with Crippen molar-refractivity contribution >= 4 is 33.2 Å². The molecule has 156 valence electrons. The van der Waals surface area contributed by atoms with Gasteiger partial charge in [0.05, 0.1) is 27.2 Å². The van der Waals surface area contributed by atoms with E-state index in [1.807, 2.05) is 6.92 Å². The fraction of sp³-hybridized carbons (Fsp3) is 0.136. The minimum absolute atomic E-state index is 0.0999.